The minimum absolute atomic E-state index is 0.590. The third-order valence-electron chi connectivity index (χ3n) is 3.28. The second-order valence-corrected chi connectivity index (χ2v) is 4.40. The van der Waals surface area contributed by atoms with Crippen molar-refractivity contribution in [2.45, 2.75) is 31.6 Å². The Bertz CT molecular complexity index is 315. The van der Waals surface area contributed by atoms with Crippen LogP contribution in [0, 0.1) is 5.92 Å². The van der Waals surface area contributed by atoms with E-state index in [0.29, 0.717) is 11.8 Å². The Labute approximate surface area is 83.1 Å². The Morgan fingerprint density at radius 3 is 2.79 bits per heavy atom. The van der Waals surface area contributed by atoms with Gasteiger partial charge in [-0.25, -0.2) is 0 Å². The summed E-state index contributed by atoms with van der Waals surface area (Å²) in [6.07, 6.45) is 4.75. The number of hydrogen-bond donors (Lipinski definition) is 1. The average Bonchev–Trinajstić information content (AvgIpc) is 2.42. The number of rotatable bonds is 3. The first kappa shape index (κ1) is 8.41. The lowest BCUT2D eigenvalue weighted by molar-refractivity contribution is 0.292. The highest BCUT2D eigenvalue weighted by molar-refractivity contribution is 5.00. The summed E-state index contributed by atoms with van der Waals surface area (Å²) in [6.45, 7) is 2.20. The largest absolute Gasteiger partial charge is 0.339 e. The lowest BCUT2D eigenvalue weighted by atomic mass is 9.85. The van der Waals surface area contributed by atoms with Gasteiger partial charge in [-0.05, 0) is 31.8 Å². The van der Waals surface area contributed by atoms with E-state index in [-0.39, 0.29) is 0 Å². The van der Waals surface area contributed by atoms with Crippen molar-refractivity contribution in [1.29, 1.82) is 0 Å². The van der Waals surface area contributed by atoms with Gasteiger partial charge in [-0.2, -0.15) is 4.98 Å². The van der Waals surface area contributed by atoms with E-state index in [9.17, 15) is 0 Å². The van der Waals surface area contributed by atoms with Crippen LogP contribution in [0.2, 0.25) is 0 Å². The van der Waals surface area contributed by atoms with Gasteiger partial charge in [-0.1, -0.05) is 11.6 Å². The molecule has 0 bridgehead atoms. The van der Waals surface area contributed by atoms with Gasteiger partial charge >= 0.3 is 0 Å². The summed E-state index contributed by atoms with van der Waals surface area (Å²) in [4.78, 5) is 4.45. The van der Waals surface area contributed by atoms with Gasteiger partial charge in [0.15, 0.2) is 5.82 Å². The van der Waals surface area contributed by atoms with Crippen LogP contribution in [-0.4, -0.2) is 23.2 Å². The highest BCUT2D eigenvalue weighted by Crippen LogP contribution is 2.34. The summed E-state index contributed by atoms with van der Waals surface area (Å²) in [6, 6.07) is 0. The van der Waals surface area contributed by atoms with Crippen LogP contribution >= 0.6 is 0 Å². The van der Waals surface area contributed by atoms with Crippen molar-refractivity contribution in [2.75, 3.05) is 13.1 Å². The summed E-state index contributed by atoms with van der Waals surface area (Å²) in [7, 11) is 0. The molecule has 0 radical (unpaired) electrons. The van der Waals surface area contributed by atoms with Crippen LogP contribution in [0.15, 0.2) is 4.52 Å². The fourth-order valence-electron chi connectivity index (χ4n) is 1.92. The van der Waals surface area contributed by atoms with Crippen LogP contribution in [0.4, 0.5) is 0 Å². The van der Waals surface area contributed by atoms with Crippen LogP contribution in [0.25, 0.3) is 0 Å². The molecule has 1 aliphatic heterocycles. The molecule has 4 heteroatoms. The summed E-state index contributed by atoms with van der Waals surface area (Å²) < 4.78 is 5.24. The SMILES string of the molecule is C1CC(c2noc(CC3CNC3)n2)C1. The Hall–Kier alpha value is -0.900. The molecule has 0 unspecified atom stereocenters. The minimum Gasteiger partial charge on any atom is -0.339 e. The third kappa shape index (κ3) is 1.43. The molecule has 1 aromatic heterocycles. The number of hydrogen-bond acceptors (Lipinski definition) is 4. The molecule has 1 N–H and O–H groups in total. The van der Waals surface area contributed by atoms with Crippen LogP contribution in [-0.2, 0) is 6.42 Å². The molecule has 3 rings (SSSR count). The molecule has 1 aromatic rings. The molecule has 0 spiro atoms. The molecule has 76 valence electrons. The summed E-state index contributed by atoms with van der Waals surface area (Å²) in [5, 5.41) is 7.29. The summed E-state index contributed by atoms with van der Waals surface area (Å²) >= 11 is 0. The van der Waals surface area contributed by atoms with Gasteiger partial charge in [0.25, 0.3) is 0 Å². The van der Waals surface area contributed by atoms with Crippen molar-refractivity contribution in [2.24, 2.45) is 5.92 Å². The molecular weight excluding hydrogens is 178 g/mol. The van der Waals surface area contributed by atoms with Crippen LogP contribution in [0.1, 0.15) is 36.9 Å². The van der Waals surface area contributed by atoms with Crippen molar-refractivity contribution >= 4 is 0 Å². The number of aromatic nitrogens is 2. The molecule has 2 fully saturated rings. The van der Waals surface area contributed by atoms with E-state index >= 15 is 0 Å². The topological polar surface area (TPSA) is 51.0 Å². The smallest absolute Gasteiger partial charge is 0.227 e. The third-order valence-corrected chi connectivity index (χ3v) is 3.28. The van der Waals surface area contributed by atoms with E-state index in [4.69, 9.17) is 4.52 Å². The Balaban J connectivity index is 1.63. The van der Waals surface area contributed by atoms with Gasteiger partial charge in [0, 0.05) is 12.3 Å². The Morgan fingerprint density at radius 2 is 2.21 bits per heavy atom. The maximum Gasteiger partial charge on any atom is 0.227 e. The fourth-order valence-corrected chi connectivity index (χ4v) is 1.92. The molecule has 14 heavy (non-hydrogen) atoms. The van der Waals surface area contributed by atoms with Crippen LogP contribution < -0.4 is 5.32 Å². The van der Waals surface area contributed by atoms with Crippen LogP contribution in [0.5, 0.6) is 0 Å². The molecule has 2 heterocycles. The predicted molar refractivity (Wildman–Crippen MR) is 51.0 cm³/mol. The van der Waals surface area contributed by atoms with Gasteiger partial charge in [-0.3, -0.25) is 0 Å². The normalized spacial score (nSPS) is 23.1. The molecule has 4 nitrogen and oxygen atoms in total. The maximum atomic E-state index is 5.24. The standard InChI is InChI=1S/C10H15N3O/c1-2-8(3-1)10-12-9(14-13-10)4-7-5-11-6-7/h7-8,11H,1-6H2. The lowest BCUT2D eigenvalue weighted by Crippen LogP contribution is -2.43. The quantitative estimate of drug-likeness (QED) is 0.781. The van der Waals surface area contributed by atoms with Gasteiger partial charge in [0.2, 0.25) is 5.89 Å². The Kier molecular flexibility index (Phi) is 2.01. The average molecular weight is 193 g/mol. The van der Waals surface area contributed by atoms with Gasteiger partial charge in [-0.15, -0.1) is 0 Å². The van der Waals surface area contributed by atoms with E-state index in [1.807, 2.05) is 0 Å². The first-order chi connectivity index (χ1) is 6.92. The molecule has 1 saturated carbocycles. The van der Waals surface area contributed by atoms with Crippen molar-refractivity contribution in [3.63, 3.8) is 0 Å². The van der Waals surface area contributed by atoms with Crippen molar-refractivity contribution < 1.29 is 4.52 Å². The van der Waals surface area contributed by atoms with Crippen LogP contribution in [0.3, 0.4) is 0 Å². The molecule has 0 aromatic carbocycles. The number of nitrogens with zero attached hydrogens (tertiary/aromatic N) is 2. The summed E-state index contributed by atoms with van der Waals surface area (Å²) in [5.74, 6) is 3.08. The van der Waals surface area contributed by atoms with E-state index in [1.165, 1.54) is 19.3 Å². The van der Waals surface area contributed by atoms with Gasteiger partial charge < -0.3 is 9.84 Å². The highest BCUT2D eigenvalue weighted by atomic mass is 16.5. The second-order valence-electron chi connectivity index (χ2n) is 4.40. The molecule has 1 saturated heterocycles. The fraction of sp³-hybridized carbons (Fsp3) is 0.800. The maximum absolute atomic E-state index is 5.24. The molecular formula is C10H15N3O. The number of nitrogens with one attached hydrogen (secondary N) is 1. The molecule has 0 amide bonds. The first-order valence-electron chi connectivity index (χ1n) is 5.45. The van der Waals surface area contributed by atoms with E-state index in [0.717, 1.165) is 31.2 Å². The molecule has 1 aliphatic carbocycles. The lowest BCUT2D eigenvalue weighted by Gasteiger charge is -2.25. The van der Waals surface area contributed by atoms with E-state index < -0.39 is 0 Å². The summed E-state index contributed by atoms with van der Waals surface area (Å²) in [5.41, 5.74) is 0. The van der Waals surface area contributed by atoms with Crippen molar-refractivity contribution in [1.82, 2.24) is 15.5 Å². The van der Waals surface area contributed by atoms with Crippen molar-refractivity contribution in [3.05, 3.63) is 11.7 Å². The van der Waals surface area contributed by atoms with E-state index in [1.54, 1.807) is 0 Å². The zero-order valence-corrected chi connectivity index (χ0v) is 8.20. The second kappa shape index (κ2) is 3.35. The molecule has 0 atom stereocenters. The zero-order chi connectivity index (χ0) is 9.38. The van der Waals surface area contributed by atoms with Gasteiger partial charge in [0.05, 0.1) is 0 Å². The monoisotopic (exact) mass is 193 g/mol. The van der Waals surface area contributed by atoms with Gasteiger partial charge in [0.1, 0.15) is 0 Å². The minimum atomic E-state index is 0.590. The predicted octanol–water partition coefficient (Wildman–Crippen LogP) is 1.10. The molecule has 2 aliphatic rings. The van der Waals surface area contributed by atoms with Crippen molar-refractivity contribution in [3.8, 4) is 0 Å². The first-order valence-corrected chi connectivity index (χ1v) is 5.45. The Morgan fingerprint density at radius 1 is 1.36 bits per heavy atom. The van der Waals surface area contributed by atoms with E-state index in [2.05, 4.69) is 15.5 Å². The zero-order valence-electron chi connectivity index (χ0n) is 8.20. The highest BCUT2D eigenvalue weighted by Gasteiger charge is 2.26.